The van der Waals surface area contributed by atoms with Gasteiger partial charge in [0.2, 0.25) is 0 Å². The molecule has 14 heavy (non-hydrogen) atoms. The van der Waals surface area contributed by atoms with E-state index in [1.807, 2.05) is 0 Å². The van der Waals surface area contributed by atoms with Gasteiger partial charge in [0.15, 0.2) is 5.58 Å². The molecule has 1 aromatic heterocycles. The van der Waals surface area contributed by atoms with Crippen LogP contribution in [-0.2, 0) is 0 Å². The molecule has 1 heterocycles. The molecule has 0 saturated heterocycles. The number of aromatic nitrogens is 1. The first-order chi connectivity index (χ1) is 6.59. The van der Waals surface area contributed by atoms with Gasteiger partial charge in [-0.25, -0.2) is 0 Å². The quantitative estimate of drug-likeness (QED) is 0.513. The number of fused-ring (bicyclic) bond motifs is 1. The van der Waals surface area contributed by atoms with Crippen LogP contribution in [0.5, 0.6) is 0 Å². The molecule has 0 aliphatic rings. The van der Waals surface area contributed by atoms with E-state index in [0.717, 1.165) is 0 Å². The van der Waals surface area contributed by atoms with Crippen molar-refractivity contribution in [1.82, 2.24) is 5.16 Å². The number of hydrogen-bond acceptors (Lipinski definition) is 4. The van der Waals surface area contributed by atoms with Crippen LogP contribution in [0.1, 0.15) is 11.3 Å². The minimum atomic E-state index is -0.402. The highest BCUT2D eigenvalue weighted by atomic mass is 16.6. The maximum Gasteiger partial charge on any atom is 0.273 e. The third-order valence-corrected chi connectivity index (χ3v) is 2.17. The van der Waals surface area contributed by atoms with Gasteiger partial charge in [0, 0.05) is 11.6 Å². The Hall–Kier alpha value is -1.91. The average Bonchev–Trinajstić information content (AvgIpc) is 2.46. The molecule has 0 atom stereocenters. The summed E-state index contributed by atoms with van der Waals surface area (Å²) in [6.07, 6.45) is 0. The summed E-state index contributed by atoms with van der Waals surface area (Å²) in [5.74, 6) is 0. The number of nitro groups is 1. The van der Waals surface area contributed by atoms with Gasteiger partial charge in [0.1, 0.15) is 0 Å². The third kappa shape index (κ3) is 1.14. The molecule has 5 nitrogen and oxygen atoms in total. The molecular formula is C9H8N2O3. The first kappa shape index (κ1) is 8.68. The summed E-state index contributed by atoms with van der Waals surface area (Å²) in [5, 5.41) is 15.1. The number of benzene rings is 1. The van der Waals surface area contributed by atoms with E-state index < -0.39 is 4.92 Å². The predicted molar refractivity (Wildman–Crippen MR) is 50.1 cm³/mol. The lowest BCUT2D eigenvalue weighted by molar-refractivity contribution is -0.385. The number of nitrogens with zero attached hydrogens (tertiary/aromatic N) is 2. The number of hydrogen-bond donors (Lipinski definition) is 0. The fourth-order valence-electron chi connectivity index (χ4n) is 1.39. The SMILES string of the molecule is Cc1cc2onc(C)c2cc1[N+](=O)[O-]. The van der Waals surface area contributed by atoms with E-state index in [0.29, 0.717) is 22.2 Å². The van der Waals surface area contributed by atoms with Gasteiger partial charge in [0.25, 0.3) is 5.69 Å². The zero-order valence-electron chi connectivity index (χ0n) is 7.77. The van der Waals surface area contributed by atoms with Crippen LogP contribution in [0.25, 0.3) is 11.0 Å². The summed E-state index contributed by atoms with van der Waals surface area (Å²) in [7, 11) is 0. The average molecular weight is 192 g/mol. The van der Waals surface area contributed by atoms with Gasteiger partial charge in [-0.2, -0.15) is 0 Å². The van der Waals surface area contributed by atoms with Crippen molar-refractivity contribution in [3.8, 4) is 0 Å². The Labute approximate surface area is 79.5 Å². The Morgan fingerprint density at radius 3 is 2.79 bits per heavy atom. The largest absolute Gasteiger partial charge is 0.356 e. The van der Waals surface area contributed by atoms with Gasteiger partial charge >= 0.3 is 0 Å². The standard InChI is InChI=1S/C9H8N2O3/c1-5-3-9-7(6(2)10-14-9)4-8(5)11(12)13/h3-4H,1-2H3. The molecule has 5 heteroatoms. The van der Waals surface area contributed by atoms with E-state index in [2.05, 4.69) is 5.16 Å². The smallest absolute Gasteiger partial charge is 0.273 e. The van der Waals surface area contributed by atoms with Crippen molar-refractivity contribution in [2.24, 2.45) is 0 Å². The predicted octanol–water partition coefficient (Wildman–Crippen LogP) is 2.35. The van der Waals surface area contributed by atoms with Crippen molar-refractivity contribution in [3.63, 3.8) is 0 Å². The maximum absolute atomic E-state index is 10.7. The van der Waals surface area contributed by atoms with Crippen molar-refractivity contribution in [2.75, 3.05) is 0 Å². The minimum Gasteiger partial charge on any atom is -0.356 e. The van der Waals surface area contributed by atoms with Crippen LogP contribution in [-0.4, -0.2) is 10.1 Å². The van der Waals surface area contributed by atoms with Gasteiger partial charge in [-0.1, -0.05) is 5.16 Å². The van der Waals surface area contributed by atoms with Crippen LogP contribution in [0, 0.1) is 24.0 Å². The van der Waals surface area contributed by atoms with Crippen LogP contribution >= 0.6 is 0 Å². The lowest BCUT2D eigenvalue weighted by atomic mass is 10.1. The van der Waals surface area contributed by atoms with Crippen molar-refractivity contribution < 1.29 is 9.45 Å². The van der Waals surface area contributed by atoms with Crippen LogP contribution < -0.4 is 0 Å². The zero-order valence-corrected chi connectivity index (χ0v) is 7.77. The summed E-state index contributed by atoms with van der Waals surface area (Å²) in [4.78, 5) is 10.3. The Bertz CT molecular complexity index is 516. The van der Waals surface area contributed by atoms with Gasteiger partial charge in [-0.15, -0.1) is 0 Å². The number of rotatable bonds is 1. The van der Waals surface area contributed by atoms with Crippen LogP contribution in [0.2, 0.25) is 0 Å². The van der Waals surface area contributed by atoms with E-state index in [4.69, 9.17) is 4.52 Å². The normalized spacial score (nSPS) is 10.7. The highest BCUT2D eigenvalue weighted by Crippen LogP contribution is 2.26. The fraction of sp³-hybridized carbons (Fsp3) is 0.222. The van der Waals surface area contributed by atoms with E-state index in [1.54, 1.807) is 19.9 Å². The molecule has 0 amide bonds. The highest BCUT2D eigenvalue weighted by molar-refractivity contribution is 5.82. The molecule has 0 fully saturated rings. The van der Waals surface area contributed by atoms with Crippen LogP contribution in [0.3, 0.4) is 0 Å². The molecule has 0 radical (unpaired) electrons. The molecule has 2 aromatic rings. The second-order valence-electron chi connectivity index (χ2n) is 3.16. The minimum absolute atomic E-state index is 0.101. The fourth-order valence-corrected chi connectivity index (χ4v) is 1.39. The van der Waals surface area contributed by atoms with E-state index >= 15 is 0 Å². The first-order valence-corrected chi connectivity index (χ1v) is 4.10. The van der Waals surface area contributed by atoms with Crippen molar-refractivity contribution in [2.45, 2.75) is 13.8 Å². The Morgan fingerprint density at radius 2 is 2.14 bits per heavy atom. The van der Waals surface area contributed by atoms with E-state index in [1.165, 1.54) is 6.07 Å². The summed E-state index contributed by atoms with van der Waals surface area (Å²) < 4.78 is 4.99. The lowest BCUT2D eigenvalue weighted by Gasteiger charge is -1.95. The lowest BCUT2D eigenvalue weighted by Crippen LogP contribution is -1.90. The van der Waals surface area contributed by atoms with E-state index in [9.17, 15) is 10.1 Å². The molecule has 72 valence electrons. The maximum atomic E-state index is 10.7. The van der Waals surface area contributed by atoms with Crippen molar-refractivity contribution >= 4 is 16.7 Å². The summed E-state index contributed by atoms with van der Waals surface area (Å²) >= 11 is 0. The van der Waals surface area contributed by atoms with Gasteiger partial charge in [-0.3, -0.25) is 10.1 Å². The zero-order chi connectivity index (χ0) is 10.3. The molecule has 2 rings (SSSR count). The third-order valence-electron chi connectivity index (χ3n) is 2.17. The second-order valence-corrected chi connectivity index (χ2v) is 3.16. The van der Waals surface area contributed by atoms with Gasteiger partial charge < -0.3 is 4.52 Å². The molecule has 0 aliphatic heterocycles. The Morgan fingerprint density at radius 1 is 1.43 bits per heavy atom. The molecule has 1 aromatic carbocycles. The summed E-state index contributed by atoms with van der Waals surface area (Å²) in [5.41, 5.74) is 1.94. The second kappa shape index (κ2) is 2.80. The molecule has 0 saturated carbocycles. The Kier molecular flexibility index (Phi) is 1.73. The monoisotopic (exact) mass is 192 g/mol. The molecule has 0 N–H and O–H groups in total. The number of nitro benzene ring substituents is 1. The van der Waals surface area contributed by atoms with Crippen LogP contribution in [0.4, 0.5) is 5.69 Å². The van der Waals surface area contributed by atoms with Crippen LogP contribution in [0.15, 0.2) is 16.7 Å². The first-order valence-electron chi connectivity index (χ1n) is 4.10. The van der Waals surface area contributed by atoms with Crippen molar-refractivity contribution in [3.05, 3.63) is 33.5 Å². The molecule has 0 spiro atoms. The topological polar surface area (TPSA) is 69.2 Å². The number of aryl methyl sites for hydroxylation is 2. The highest BCUT2D eigenvalue weighted by Gasteiger charge is 2.15. The van der Waals surface area contributed by atoms with Gasteiger partial charge in [-0.05, 0) is 19.9 Å². The summed E-state index contributed by atoms with van der Waals surface area (Å²) in [6, 6.07) is 3.13. The molecule has 0 aliphatic carbocycles. The summed E-state index contributed by atoms with van der Waals surface area (Å²) in [6.45, 7) is 3.43. The Balaban J connectivity index is 2.80. The van der Waals surface area contributed by atoms with E-state index in [-0.39, 0.29) is 5.69 Å². The molecule has 0 unspecified atom stereocenters. The molecular weight excluding hydrogens is 184 g/mol. The van der Waals surface area contributed by atoms with Crippen molar-refractivity contribution in [1.29, 1.82) is 0 Å². The molecule has 0 bridgehead atoms. The van der Waals surface area contributed by atoms with Gasteiger partial charge in [0.05, 0.1) is 16.0 Å².